The third-order valence-electron chi connectivity index (χ3n) is 3.70. The molecule has 7 heteroatoms. The first kappa shape index (κ1) is 14.3. The van der Waals surface area contributed by atoms with Gasteiger partial charge in [0.1, 0.15) is 17.0 Å². The molecule has 0 bridgehead atoms. The predicted octanol–water partition coefficient (Wildman–Crippen LogP) is 0.664. The van der Waals surface area contributed by atoms with Gasteiger partial charge >= 0.3 is 5.97 Å². The predicted molar refractivity (Wildman–Crippen MR) is 72.2 cm³/mol. The number of rotatable bonds is 4. The lowest BCUT2D eigenvalue weighted by atomic mass is 10.2. The zero-order valence-electron chi connectivity index (χ0n) is 11.2. The molecule has 2 heterocycles. The van der Waals surface area contributed by atoms with E-state index in [1.165, 1.54) is 0 Å². The van der Waals surface area contributed by atoms with Gasteiger partial charge in [-0.3, -0.25) is 14.6 Å². The molecule has 0 spiro atoms. The van der Waals surface area contributed by atoms with Crippen molar-refractivity contribution in [3.05, 3.63) is 17.2 Å². The summed E-state index contributed by atoms with van der Waals surface area (Å²) in [5.41, 5.74) is 0. The van der Waals surface area contributed by atoms with Crippen LogP contribution in [0, 0.1) is 0 Å². The number of carboxylic acid groups (broad SMARTS) is 1. The Labute approximate surface area is 117 Å². The Morgan fingerprint density at radius 1 is 1.47 bits per heavy atom. The van der Waals surface area contributed by atoms with Gasteiger partial charge in [-0.05, 0) is 6.92 Å². The molecule has 2 rings (SSSR count). The van der Waals surface area contributed by atoms with Crippen LogP contribution in [0.1, 0.15) is 12.7 Å². The van der Waals surface area contributed by atoms with Gasteiger partial charge in [-0.15, -0.1) is 0 Å². The molecular weight excluding hydrogens is 268 g/mol. The molecule has 0 amide bonds. The Hall–Kier alpha value is -1.11. The van der Waals surface area contributed by atoms with Crippen LogP contribution in [0.4, 0.5) is 0 Å². The van der Waals surface area contributed by atoms with Crippen molar-refractivity contribution >= 4 is 17.6 Å². The highest BCUT2D eigenvalue weighted by atomic mass is 35.5. The van der Waals surface area contributed by atoms with Crippen molar-refractivity contribution in [2.24, 2.45) is 7.05 Å². The van der Waals surface area contributed by atoms with Gasteiger partial charge in [0.2, 0.25) is 0 Å². The SMILES string of the molecule is CC(C(=O)O)N1CCN(Cc2ncc(Cl)n2C)CC1. The summed E-state index contributed by atoms with van der Waals surface area (Å²) in [7, 11) is 1.90. The number of hydrogen-bond donors (Lipinski definition) is 1. The molecule has 1 aliphatic heterocycles. The molecular formula is C12H19ClN4O2. The number of aromatic nitrogens is 2. The van der Waals surface area contributed by atoms with E-state index < -0.39 is 12.0 Å². The Bertz CT molecular complexity index is 455. The number of hydrogen-bond acceptors (Lipinski definition) is 4. The number of carboxylic acids is 1. The maximum atomic E-state index is 10.9. The van der Waals surface area contributed by atoms with E-state index in [-0.39, 0.29) is 0 Å². The largest absolute Gasteiger partial charge is 0.480 e. The van der Waals surface area contributed by atoms with Crippen molar-refractivity contribution in [3.63, 3.8) is 0 Å². The van der Waals surface area contributed by atoms with Gasteiger partial charge in [-0.1, -0.05) is 11.6 Å². The fourth-order valence-electron chi connectivity index (χ4n) is 2.24. The first-order valence-electron chi connectivity index (χ1n) is 6.34. The molecule has 0 radical (unpaired) electrons. The molecule has 1 N–H and O–H groups in total. The highest BCUT2D eigenvalue weighted by molar-refractivity contribution is 6.29. The van der Waals surface area contributed by atoms with Gasteiger partial charge in [0, 0.05) is 33.2 Å². The quantitative estimate of drug-likeness (QED) is 0.881. The maximum Gasteiger partial charge on any atom is 0.320 e. The minimum atomic E-state index is -0.760. The van der Waals surface area contributed by atoms with Crippen LogP contribution >= 0.6 is 11.6 Å². The van der Waals surface area contributed by atoms with E-state index in [1.54, 1.807) is 13.1 Å². The van der Waals surface area contributed by atoms with E-state index in [0.717, 1.165) is 38.5 Å². The van der Waals surface area contributed by atoms with Crippen molar-refractivity contribution in [1.82, 2.24) is 19.4 Å². The molecule has 1 aromatic heterocycles. The number of piperazine rings is 1. The Kier molecular flexibility index (Phi) is 4.44. The van der Waals surface area contributed by atoms with Gasteiger partial charge in [0.15, 0.2) is 0 Å². The number of imidazole rings is 1. The number of carbonyl (C=O) groups is 1. The monoisotopic (exact) mass is 286 g/mol. The summed E-state index contributed by atoms with van der Waals surface area (Å²) in [5, 5.41) is 9.62. The first-order valence-corrected chi connectivity index (χ1v) is 6.72. The lowest BCUT2D eigenvalue weighted by Gasteiger charge is -2.36. The highest BCUT2D eigenvalue weighted by Gasteiger charge is 2.25. The smallest absolute Gasteiger partial charge is 0.320 e. The van der Waals surface area contributed by atoms with E-state index in [0.29, 0.717) is 5.15 Å². The first-order chi connectivity index (χ1) is 8.99. The molecule has 1 aliphatic rings. The molecule has 0 saturated carbocycles. The zero-order chi connectivity index (χ0) is 14.0. The second-order valence-corrected chi connectivity index (χ2v) is 5.27. The average Bonchev–Trinajstić information content (AvgIpc) is 2.71. The molecule has 1 atom stereocenters. The van der Waals surface area contributed by atoms with Crippen LogP contribution in [0.5, 0.6) is 0 Å². The van der Waals surface area contributed by atoms with Crippen LogP contribution in [0.3, 0.4) is 0 Å². The zero-order valence-corrected chi connectivity index (χ0v) is 12.0. The van der Waals surface area contributed by atoms with Crippen LogP contribution in [-0.4, -0.2) is 62.6 Å². The Morgan fingerprint density at radius 2 is 2.11 bits per heavy atom. The van der Waals surface area contributed by atoms with E-state index in [1.807, 2.05) is 16.5 Å². The minimum Gasteiger partial charge on any atom is -0.480 e. The van der Waals surface area contributed by atoms with Gasteiger partial charge < -0.3 is 9.67 Å². The normalized spacial score (nSPS) is 19.5. The fraction of sp³-hybridized carbons (Fsp3) is 0.667. The van der Waals surface area contributed by atoms with Crippen molar-refractivity contribution in [2.45, 2.75) is 19.5 Å². The molecule has 1 aromatic rings. The maximum absolute atomic E-state index is 10.9. The molecule has 1 saturated heterocycles. The topological polar surface area (TPSA) is 61.6 Å². The summed E-state index contributed by atoms with van der Waals surface area (Å²) < 4.78 is 1.87. The molecule has 0 aromatic carbocycles. The van der Waals surface area contributed by atoms with Crippen LogP contribution in [0.2, 0.25) is 5.15 Å². The number of nitrogens with zero attached hydrogens (tertiary/aromatic N) is 4. The van der Waals surface area contributed by atoms with Gasteiger partial charge in [0.05, 0.1) is 12.7 Å². The molecule has 1 fully saturated rings. The number of aliphatic carboxylic acids is 1. The summed E-state index contributed by atoms with van der Waals surface area (Å²) in [6.45, 7) is 5.72. The van der Waals surface area contributed by atoms with E-state index in [2.05, 4.69) is 9.88 Å². The summed E-state index contributed by atoms with van der Waals surface area (Å²) in [5.74, 6) is 0.175. The molecule has 6 nitrogen and oxygen atoms in total. The van der Waals surface area contributed by atoms with Gasteiger partial charge in [-0.2, -0.15) is 0 Å². The molecule has 19 heavy (non-hydrogen) atoms. The standard InChI is InChI=1S/C12H19ClN4O2/c1-9(12(18)19)17-5-3-16(4-6-17)8-11-14-7-10(13)15(11)2/h7,9H,3-6,8H2,1-2H3,(H,18,19). The van der Waals surface area contributed by atoms with Gasteiger partial charge in [0.25, 0.3) is 0 Å². The molecule has 0 aliphatic carbocycles. The average molecular weight is 287 g/mol. The van der Waals surface area contributed by atoms with Crippen molar-refractivity contribution in [3.8, 4) is 0 Å². The molecule has 1 unspecified atom stereocenters. The van der Waals surface area contributed by atoms with Crippen LogP contribution in [0.15, 0.2) is 6.20 Å². The van der Waals surface area contributed by atoms with Crippen molar-refractivity contribution in [1.29, 1.82) is 0 Å². The number of halogens is 1. The highest BCUT2D eigenvalue weighted by Crippen LogP contribution is 2.13. The Balaban J connectivity index is 1.87. The Morgan fingerprint density at radius 3 is 2.58 bits per heavy atom. The van der Waals surface area contributed by atoms with Crippen LogP contribution < -0.4 is 0 Å². The minimum absolute atomic E-state index is 0.412. The van der Waals surface area contributed by atoms with E-state index >= 15 is 0 Å². The summed E-state index contributed by atoms with van der Waals surface area (Å²) in [6, 6.07) is -0.412. The summed E-state index contributed by atoms with van der Waals surface area (Å²) >= 11 is 5.96. The lowest BCUT2D eigenvalue weighted by molar-refractivity contribution is -0.143. The second kappa shape index (κ2) is 5.90. The summed E-state index contributed by atoms with van der Waals surface area (Å²) in [4.78, 5) is 19.5. The molecule has 106 valence electrons. The third-order valence-corrected chi connectivity index (χ3v) is 4.06. The van der Waals surface area contributed by atoms with Crippen molar-refractivity contribution in [2.75, 3.05) is 26.2 Å². The summed E-state index contributed by atoms with van der Waals surface area (Å²) in [6.07, 6.45) is 1.65. The van der Waals surface area contributed by atoms with E-state index in [9.17, 15) is 4.79 Å². The fourth-order valence-corrected chi connectivity index (χ4v) is 2.38. The van der Waals surface area contributed by atoms with E-state index in [4.69, 9.17) is 16.7 Å². The lowest BCUT2D eigenvalue weighted by Crippen LogP contribution is -2.51. The second-order valence-electron chi connectivity index (χ2n) is 4.88. The third kappa shape index (κ3) is 3.26. The van der Waals surface area contributed by atoms with Crippen LogP contribution in [-0.2, 0) is 18.4 Å². The van der Waals surface area contributed by atoms with Crippen LogP contribution in [0.25, 0.3) is 0 Å². The van der Waals surface area contributed by atoms with Crippen molar-refractivity contribution < 1.29 is 9.90 Å². The van der Waals surface area contributed by atoms with Gasteiger partial charge in [-0.25, -0.2) is 4.98 Å².